The lowest BCUT2D eigenvalue weighted by Gasteiger charge is -2.34. The highest BCUT2D eigenvalue weighted by molar-refractivity contribution is 5.89. The molecule has 0 aromatic carbocycles. The SMILES string of the molecule is C[C@@H]1COCCN1c1c[c]c2c(n1)c(-c1cc[nH]n1)nn2C. The van der Waals surface area contributed by atoms with E-state index in [1.165, 1.54) is 0 Å². The third-order valence-corrected chi connectivity index (χ3v) is 3.99. The number of aryl methyl sites for hydroxylation is 1. The van der Waals surface area contributed by atoms with Crippen LogP contribution in [0, 0.1) is 6.07 Å². The Morgan fingerprint density at radius 3 is 3.14 bits per heavy atom. The van der Waals surface area contributed by atoms with Gasteiger partial charge in [0.15, 0.2) is 0 Å². The molecule has 1 saturated heterocycles. The molecule has 7 heteroatoms. The standard InChI is InChI=1S/C15H17N6O/c1-10-9-22-8-7-21(10)13-4-3-12-15(17-13)14(19-20(12)2)11-5-6-16-18-11/h4-6,10H,7-9H2,1-2H3,(H,16,18)/t10-/m1/s1. The third-order valence-electron chi connectivity index (χ3n) is 3.99. The van der Waals surface area contributed by atoms with Crippen molar-refractivity contribution in [3.8, 4) is 11.4 Å². The summed E-state index contributed by atoms with van der Waals surface area (Å²) in [7, 11) is 1.90. The van der Waals surface area contributed by atoms with Crippen molar-refractivity contribution >= 4 is 16.9 Å². The zero-order valence-electron chi connectivity index (χ0n) is 12.6. The molecule has 0 amide bonds. The molecule has 1 N–H and O–H groups in total. The van der Waals surface area contributed by atoms with Crippen molar-refractivity contribution in [1.29, 1.82) is 0 Å². The van der Waals surface area contributed by atoms with E-state index in [0.717, 1.165) is 48.0 Å². The number of pyridine rings is 1. The maximum Gasteiger partial charge on any atom is 0.139 e. The summed E-state index contributed by atoms with van der Waals surface area (Å²) in [4.78, 5) is 7.08. The highest BCUT2D eigenvalue weighted by Crippen LogP contribution is 2.27. The van der Waals surface area contributed by atoms with Crippen molar-refractivity contribution in [3.63, 3.8) is 0 Å². The predicted molar refractivity (Wildman–Crippen MR) is 82.6 cm³/mol. The van der Waals surface area contributed by atoms with Crippen LogP contribution in [-0.4, -0.2) is 50.8 Å². The van der Waals surface area contributed by atoms with Crippen LogP contribution in [0.2, 0.25) is 0 Å². The summed E-state index contributed by atoms with van der Waals surface area (Å²) in [6.07, 6.45) is 1.79. The van der Waals surface area contributed by atoms with E-state index in [2.05, 4.69) is 33.2 Å². The quantitative estimate of drug-likeness (QED) is 0.774. The van der Waals surface area contributed by atoms with Crippen LogP contribution in [0.4, 0.5) is 5.82 Å². The van der Waals surface area contributed by atoms with Gasteiger partial charge in [0.2, 0.25) is 0 Å². The summed E-state index contributed by atoms with van der Waals surface area (Å²) in [5.41, 5.74) is 3.27. The molecule has 4 rings (SSSR count). The molecular formula is C15H17N6O. The fourth-order valence-electron chi connectivity index (χ4n) is 2.84. The molecule has 0 unspecified atom stereocenters. The summed E-state index contributed by atoms with van der Waals surface area (Å²) in [6, 6.07) is 7.44. The minimum Gasteiger partial charge on any atom is -0.377 e. The van der Waals surface area contributed by atoms with Gasteiger partial charge in [0.25, 0.3) is 0 Å². The Morgan fingerprint density at radius 2 is 2.36 bits per heavy atom. The van der Waals surface area contributed by atoms with E-state index in [-0.39, 0.29) is 0 Å². The van der Waals surface area contributed by atoms with Gasteiger partial charge in [0.05, 0.1) is 24.8 Å². The second-order valence-corrected chi connectivity index (χ2v) is 5.50. The van der Waals surface area contributed by atoms with Crippen molar-refractivity contribution in [3.05, 3.63) is 24.4 Å². The molecule has 113 valence electrons. The van der Waals surface area contributed by atoms with Crippen LogP contribution < -0.4 is 4.90 Å². The van der Waals surface area contributed by atoms with Gasteiger partial charge in [-0.05, 0) is 19.1 Å². The van der Waals surface area contributed by atoms with E-state index in [0.29, 0.717) is 6.04 Å². The molecule has 22 heavy (non-hydrogen) atoms. The Labute approximate surface area is 127 Å². The van der Waals surface area contributed by atoms with Crippen LogP contribution in [0.3, 0.4) is 0 Å². The van der Waals surface area contributed by atoms with E-state index in [9.17, 15) is 0 Å². The van der Waals surface area contributed by atoms with Gasteiger partial charge in [-0.15, -0.1) is 0 Å². The molecule has 1 aliphatic heterocycles. The molecular weight excluding hydrogens is 280 g/mol. The first-order valence-corrected chi connectivity index (χ1v) is 7.34. The van der Waals surface area contributed by atoms with Crippen LogP contribution in [0.1, 0.15) is 6.92 Å². The molecule has 1 atom stereocenters. The van der Waals surface area contributed by atoms with Crippen LogP contribution >= 0.6 is 0 Å². The number of hydrogen-bond donors (Lipinski definition) is 1. The number of aromatic nitrogens is 5. The van der Waals surface area contributed by atoms with Crippen molar-refractivity contribution in [1.82, 2.24) is 25.0 Å². The molecule has 0 spiro atoms. The largest absolute Gasteiger partial charge is 0.377 e. The normalized spacial score (nSPS) is 19.0. The zero-order chi connectivity index (χ0) is 15.1. The number of fused-ring (bicyclic) bond motifs is 1. The molecule has 1 fully saturated rings. The molecule has 7 nitrogen and oxygen atoms in total. The van der Waals surface area contributed by atoms with Crippen LogP contribution in [0.25, 0.3) is 22.4 Å². The lowest BCUT2D eigenvalue weighted by Crippen LogP contribution is -2.44. The fourth-order valence-corrected chi connectivity index (χ4v) is 2.84. The van der Waals surface area contributed by atoms with Crippen molar-refractivity contribution < 1.29 is 4.74 Å². The molecule has 1 aliphatic rings. The molecule has 1 radical (unpaired) electrons. The van der Waals surface area contributed by atoms with Crippen LogP contribution in [-0.2, 0) is 11.8 Å². The number of hydrogen-bond acceptors (Lipinski definition) is 5. The predicted octanol–water partition coefficient (Wildman–Crippen LogP) is 1.38. The number of morpholine rings is 1. The van der Waals surface area contributed by atoms with Gasteiger partial charge in [-0.1, -0.05) is 0 Å². The van der Waals surface area contributed by atoms with E-state index < -0.39 is 0 Å². The number of nitrogens with zero attached hydrogens (tertiary/aromatic N) is 5. The number of H-pyrrole nitrogens is 1. The topological polar surface area (TPSA) is 71.9 Å². The van der Waals surface area contributed by atoms with E-state index in [4.69, 9.17) is 9.72 Å². The number of aromatic amines is 1. The van der Waals surface area contributed by atoms with Gasteiger partial charge in [-0.2, -0.15) is 10.2 Å². The summed E-state index contributed by atoms with van der Waals surface area (Å²) < 4.78 is 7.29. The molecule has 0 aliphatic carbocycles. The van der Waals surface area contributed by atoms with Gasteiger partial charge in [0.1, 0.15) is 22.7 Å². The van der Waals surface area contributed by atoms with Crippen molar-refractivity contribution in [2.75, 3.05) is 24.7 Å². The average Bonchev–Trinajstić information content (AvgIpc) is 3.16. The number of nitrogens with one attached hydrogen (secondary N) is 1. The number of ether oxygens (including phenoxy) is 1. The smallest absolute Gasteiger partial charge is 0.139 e. The maximum absolute atomic E-state index is 5.50. The van der Waals surface area contributed by atoms with Crippen molar-refractivity contribution in [2.45, 2.75) is 13.0 Å². The number of rotatable bonds is 2. The second kappa shape index (κ2) is 5.10. The molecule has 4 heterocycles. The lowest BCUT2D eigenvalue weighted by molar-refractivity contribution is 0.0986. The first-order valence-electron chi connectivity index (χ1n) is 7.34. The highest BCUT2D eigenvalue weighted by atomic mass is 16.5. The van der Waals surface area contributed by atoms with Gasteiger partial charge in [-0.25, -0.2) is 4.98 Å². The fraction of sp³-hybridized carbons (Fsp3) is 0.400. The number of anilines is 1. The average molecular weight is 297 g/mol. The van der Waals surface area contributed by atoms with Gasteiger partial charge in [0, 0.05) is 25.9 Å². The first kappa shape index (κ1) is 13.3. The minimum atomic E-state index is 0.303. The summed E-state index contributed by atoms with van der Waals surface area (Å²) in [6.45, 7) is 4.43. The zero-order valence-corrected chi connectivity index (χ0v) is 12.6. The van der Waals surface area contributed by atoms with Crippen LogP contribution in [0.5, 0.6) is 0 Å². The first-order chi connectivity index (χ1) is 10.7. The Hall–Kier alpha value is -2.41. The Balaban J connectivity index is 1.84. The third kappa shape index (κ3) is 2.05. The molecule has 3 aromatic rings. The van der Waals surface area contributed by atoms with Crippen LogP contribution in [0.15, 0.2) is 18.3 Å². The Bertz CT molecular complexity index is 794. The van der Waals surface area contributed by atoms with Gasteiger partial charge in [-0.3, -0.25) is 9.78 Å². The summed E-state index contributed by atoms with van der Waals surface area (Å²) in [5.74, 6) is 0.910. The minimum absolute atomic E-state index is 0.303. The van der Waals surface area contributed by atoms with E-state index >= 15 is 0 Å². The van der Waals surface area contributed by atoms with E-state index in [1.54, 1.807) is 10.9 Å². The van der Waals surface area contributed by atoms with E-state index in [1.807, 2.05) is 19.2 Å². The van der Waals surface area contributed by atoms with Gasteiger partial charge < -0.3 is 9.64 Å². The summed E-state index contributed by atoms with van der Waals surface area (Å²) in [5, 5.41) is 11.6. The summed E-state index contributed by atoms with van der Waals surface area (Å²) >= 11 is 0. The van der Waals surface area contributed by atoms with Gasteiger partial charge >= 0.3 is 0 Å². The molecule has 0 saturated carbocycles. The second-order valence-electron chi connectivity index (χ2n) is 5.50. The Kier molecular flexibility index (Phi) is 3.07. The monoisotopic (exact) mass is 297 g/mol. The lowest BCUT2D eigenvalue weighted by atomic mass is 10.2. The van der Waals surface area contributed by atoms with Crippen molar-refractivity contribution in [2.24, 2.45) is 7.05 Å². The molecule has 3 aromatic heterocycles. The highest BCUT2D eigenvalue weighted by Gasteiger charge is 2.22. The maximum atomic E-state index is 5.50. The Morgan fingerprint density at radius 1 is 1.45 bits per heavy atom. The molecule has 0 bridgehead atoms.